The van der Waals surface area contributed by atoms with Crippen LogP contribution in [0.25, 0.3) is 11.0 Å². The van der Waals surface area contributed by atoms with Crippen molar-refractivity contribution in [2.24, 2.45) is 5.92 Å². The van der Waals surface area contributed by atoms with Crippen molar-refractivity contribution in [1.82, 2.24) is 9.97 Å². The Kier molecular flexibility index (Phi) is 5.21. The van der Waals surface area contributed by atoms with Crippen LogP contribution in [0.3, 0.4) is 0 Å². The number of halogens is 1. The van der Waals surface area contributed by atoms with Crippen LogP contribution >= 0.6 is 0 Å². The number of pyridine rings is 1. The molecule has 3 aromatic rings. The molecule has 2 aromatic heterocycles. The summed E-state index contributed by atoms with van der Waals surface area (Å²) in [6, 6.07) is 10.5. The van der Waals surface area contributed by atoms with Crippen LogP contribution in [0.4, 0.5) is 4.39 Å². The first-order valence-corrected chi connectivity index (χ1v) is 11.3. The summed E-state index contributed by atoms with van der Waals surface area (Å²) in [6.07, 6.45) is 5.34. The van der Waals surface area contributed by atoms with Crippen molar-refractivity contribution < 1.29 is 17.5 Å². The molecule has 0 spiro atoms. The maximum Gasteiger partial charge on any atom is 0.175 e. The van der Waals surface area contributed by atoms with E-state index in [1.54, 1.807) is 12.1 Å². The zero-order valence-corrected chi connectivity index (χ0v) is 16.5. The van der Waals surface area contributed by atoms with Gasteiger partial charge in [0.1, 0.15) is 11.5 Å². The normalized spacial score (nSPS) is 17.1. The van der Waals surface area contributed by atoms with Crippen molar-refractivity contribution in [3.8, 4) is 0 Å². The Morgan fingerprint density at radius 3 is 2.61 bits per heavy atom. The van der Waals surface area contributed by atoms with Gasteiger partial charge in [0.05, 0.1) is 11.1 Å². The highest BCUT2D eigenvalue weighted by Crippen LogP contribution is 2.35. The van der Waals surface area contributed by atoms with E-state index in [4.69, 9.17) is 4.74 Å². The van der Waals surface area contributed by atoms with Gasteiger partial charge in [-0.1, -0.05) is 12.1 Å². The number of fused-ring (bicyclic) bond motifs is 1. The molecule has 1 unspecified atom stereocenters. The predicted molar refractivity (Wildman–Crippen MR) is 106 cm³/mol. The molecule has 3 heterocycles. The number of ether oxygens (including phenoxy) is 1. The second kappa shape index (κ2) is 7.64. The van der Waals surface area contributed by atoms with Crippen molar-refractivity contribution in [3.63, 3.8) is 0 Å². The van der Waals surface area contributed by atoms with E-state index in [0.29, 0.717) is 16.5 Å². The monoisotopic (exact) mass is 402 g/mol. The molecule has 1 atom stereocenters. The molecule has 0 aliphatic carbocycles. The standard InChI is InChI=1S/C21H23FN2O3S/c1-28(25,26)18-4-2-15(3-5-18)19(10-14-6-8-27-9-7-14)20-12-16-11-17(22)13-23-21(16)24-20/h2-5,11-14,19H,6-10H2,1H3,(H,23,24). The highest BCUT2D eigenvalue weighted by atomic mass is 32.2. The summed E-state index contributed by atoms with van der Waals surface area (Å²) in [5.74, 6) is 0.204. The number of hydrogen-bond acceptors (Lipinski definition) is 4. The number of nitrogens with zero attached hydrogens (tertiary/aromatic N) is 1. The SMILES string of the molecule is CS(=O)(=O)c1ccc(C(CC2CCOCC2)c2cc3cc(F)cnc3[nH]2)cc1. The first-order valence-electron chi connectivity index (χ1n) is 9.42. The molecule has 7 heteroatoms. The lowest BCUT2D eigenvalue weighted by Crippen LogP contribution is -2.18. The summed E-state index contributed by atoms with van der Waals surface area (Å²) < 4.78 is 42.6. The van der Waals surface area contributed by atoms with Crippen molar-refractivity contribution in [1.29, 1.82) is 0 Å². The van der Waals surface area contributed by atoms with E-state index >= 15 is 0 Å². The van der Waals surface area contributed by atoms with Crippen LogP contribution in [0.5, 0.6) is 0 Å². The topological polar surface area (TPSA) is 72.1 Å². The van der Waals surface area contributed by atoms with E-state index in [2.05, 4.69) is 9.97 Å². The highest BCUT2D eigenvalue weighted by molar-refractivity contribution is 7.90. The number of hydrogen-bond donors (Lipinski definition) is 1. The van der Waals surface area contributed by atoms with E-state index in [-0.39, 0.29) is 11.7 Å². The number of sulfone groups is 1. The molecule has 1 fully saturated rings. The summed E-state index contributed by atoms with van der Waals surface area (Å²) in [4.78, 5) is 7.78. The second-order valence-corrected chi connectivity index (χ2v) is 9.52. The Labute approximate surface area is 163 Å². The number of aromatic amines is 1. The van der Waals surface area contributed by atoms with Gasteiger partial charge in [-0.2, -0.15) is 0 Å². The number of rotatable bonds is 5. The maximum absolute atomic E-state index is 13.6. The minimum Gasteiger partial charge on any atom is -0.381 e. The van der Waals surface area contributed by atoms with Gasteiger partial charge in [0.15, 0.2) is 9.84 Å². The first-order chi connectivity index (χ1) is 13.4. The molecular weight excluding hydrogens is 379 g/mol. The molecule has 0 radical (unpaired) electrons. The lowest BCUT2D eigenvalue weighted by Gasteiger charge is -2.26. The van der Waals surface area contributed by atoms with Gasteiger partial charge >= 0.3 is 0 Å². The van der Waals surface area contributed by atoms with Crippen molar-refractivity contribution >= 4 is 20.9 Å². The van der Waals surface area contributed by atoms with Gasteiger partial charge in [-0.15, -0.1) is 0 Å². The van der Waals surface area contributed by atoms with Gasteiger partial charge in [0.2, 0.25) is 0 Å². The summed E-state index contributed by atoms with van der Waals surface area (Å²) in [6.45, 7) is 1.54. The molecule has 1 aliphatic heterocycles. The molecule has 1 N–H and O–H groups in total. The molecule has 1 aromatic carbocycles. The number of H-pyrrole nitrogens is 1. The quantitative estimate of drug-likeness (QED) is 0.699. The zero-order chi connectivity index (χ0) is 19.7. The Hall–Kier alpha value is -2.25. The van der Waals surface area contributed by atoms with Gasteiger partial charge in [0.25, 0.3) is 0 Å². The van der Waals surface area contributed by atoms with Crippen LogP contribution in [0, 0.1) is 11.7 Å². The largest absolute Gasteiger partial charge is 0.381 e. The molecule has 148 valence electrons. The van der Waals surface area contributed by atoms with Crippen molar-refractivity contribution in [2.75, 3.05) is 19.5 Å². The molecule has 0 saturated carbocycles. The number of aromatic nitrogens is 2. The van der Waals surface area contributed by atoms with Gasteiger partial charge < -0.3 is 9.72 Å². The van der Waals surface area contributed by atoms with Crippen LogP contribution in [-0.2, 0) is 14.6 Å². The molecule has 0 amide bonds. The maximum atomic E-state index is 13.6. The van der Waals surface area contributed by atoms with Crippen molar-refractivity contribution in [2.45, 2.75) is 30.1 Å². The average Bonchev–Trinajstić information content (AvgIpc) is 3.09. The van der Waals surface area contributed by atoms with E-state index in [0.717, 1.165) is 49.1 Å². The van der Waals surface area contributed by atoms with Crippen LogP contribution in [0.1, 0.15) is 36.4 Å². The molecule has 28 heavy (non-hydrogen) atoms. The Morgan fingerprint density at radius 2 is 1.93 bits per heavy atom. The third kappa shape index (κ3) is 4.10. The van der Waals surface area contributed by atoms with Gasteiger partial charge in [-0.3, -0.25) is 0 Å². The fourth-order valence-corrected chi connectivity index (χ4v) is 4.53. The molecule has 0 bridgehead atoms. The molecular formula is C21H23FN2O3S. The summed E-state index contributed by atoms with van der Waals surface area (Å²) in [5.41, 5.74) is 2.65. The van der Waals surface area contributed by atoms with E-state index in [1.807, 2.05) is 18.2 Å². The summed E-state index contributed by atoms with van der Waals surface area (Å²) in [5, 5.41) is 0.736. The van der Waals surface area contributed by atoms with E-state index < -0.39 is 9.84 Å². The Bertz CT molecular complexity index is 1070. The first kappa shape index (κ1) is 19.1. The lowest BCUT2D eigenvalue weighted by molar-refractivity contribution is 0.0626. The fourth-order valence-electron chi connectivity index (χ4n) is 3.90. The van der Waals surface area contributed by atoms with Crippen LogP contribution < -0.4 is 0 Å². The summed E-state index contributed by atoms with van der Waals surface area (Å²) >= 11 is 0. The Balaban J connectivity index is 1.71. The van der Waals surface area contributed by atoms with E-state index in [9.17, 15) is 12.8 Å². The average molecular weight is 402 g/mol. The Morgan fingerprint density at radius 1 is 1.21 bits per heavy atom. The molecule has 1 saturated heterocycles. The van der Waals surface area contributed by atoms with Crippen LogP contribution in [-0.4, -0.2) is 37.9 Å². The molecule has 1 aliphatic rings. The molecule has 4 rings (SSSR count). The summed E-state index contributed by atoms with van der Waals surface area (Å²) in [7, 11) is -3.24. The predicted octanol–water partition coefficient (Wildman–Crippen LogP) is 4.05. The fraction of sp³-hybridized carbons (Fsp3) is 0.381. The third-order valence-corrected chi connectivity index (χ3v) is 6.58. The van der Waals surface area contributed by atoms with Crippen molar-refractivity contribution in [3.05, 3.63) is 59.7 Å². The zero-order valence-electron chi connectivity index (χ0n) is 15.7. The minimum absolute atomic E-state index is 0.0500. The minimum atomic E-state index is -3.24. The van der Waals surface area contributed by atoms with Gasteiger partial charge in [0, 0.05) is 36.5 Å². The second-order valence-electron chi connectivity index (χ2n) is 7.50. The van der Waals surface area contributed by atoms with Gasteiger partial charge in [-0.25, -0.2) is 17.8 Å². The van der Waals surface area contributed by atoms with Crippen LogP contribution in [0.2, 0.25) is 0 Å². The number of benzene rings is 1. The number of nitrogens with one attached hydrogen (secondary N) is 1. The highest BCUT2D eigenvalue weighted by Gasteiger charge is 2.24. The van der Waals surface area contributed by atoms with E-state index in [1.165, 1.54) is 18.5 Å². The molecule has 5 nitrogen and oxygen atoms in total. The third-order valence-electron chi connectivity index (χ3n) is 5.45. The van der Waals surface area contributed by atoms with Crippen LogP contribution in [0.15, 0.2) is 47.5 Å². The smallest absolute Gasteiger partial charge is 0.175 e. The lowest BCUT2D eigenvalue weighted by atomic mass is 9.83. The van der Waals surface area contributed by atoms with Gasteiger partial charge in [-0.05, 0) is 55.0 Å².